The van der Waals surface area contributed by atoms with Crippen LogP contribution in [0.15, 0.2) is 29.2 Å². The van der Waals surface area contributed by atoms with Gasteiger partial charge in [-0.2, -0.15) is 0 Å². The normalized spacial score (nSPS) is 16.4. The number of hydrogen-bond acceptors (Lipinski definition) is 5. The molecule has 6 nitrogen and oxygen atoms in total. The van der Waals surface area contributed by atoms with E-state index >= 15 is 0 Å². The number of amides is 1. The number of carbonyl (C=O) groups is 1. The van der Waals surface area contributed by atoms with Crippen molar-refractivity contribution in [1.82, 2.24) is 20.3 Å². The smallest absolute Gasteiger partial charge is 0.259 e. The molecule has 4 rings (SSSR count). The van der Waals surface area contributed by atoms with Gasteiger partial charge in [0, 0.05) is 23.9 Å². The largest absolute Gasteiger partial charge is 0.350 e. The van der Waals surface area contributed by atoms with Crippen LogP contribution in [-0.2, 0) is 30.6 Å². The Balaban J connectivity index is 1.45. The number of carbonyl (C=O) groups excluding carboxylic acids is 1. The monoisotopic (exact) mass is 424 g/mol. The summed E-state index contributed by atoms with van der Waals surface area (Å²) in [6.07, 6.45) is 5.46. The summed E-state index contributed by atoms with van der Waals surface area (Å²) in [5, 5.41) is 3.62. The SMILES string of the molecule is CC(C)(C)[C@@H]1CCc2c(sc3nc(CCC(=O)NCc4ccccn4)[nH]c(=O)c23)C1. The van der Waals surface area contributed by atoms with E-state index in [1.54, 1.807) is 17.5 Å². The van der Waals surface area contributed by atoms with Crippen molar-refractivity contribution >= 4 is 27.5 Å². The van der Waals surface area contributed by atoms with Gasteiger partial charge in [0.15, 0.2) is 0 Å². The van der Waals surface area contributed by atoms with Crippen LogP contribution < -0.4 is 10.9 Å². The van der Waals surface area contributed by atoms with E-state index < -0.39 is 0 Å². The highest BCUT2D eigenvalue weighted by Gasteiger charge is 2.31. The minimum Gasteiger partial charge on any atom is -0.350 e. The minimum absolute atomic E-state index is 0.0735. The van der Waals surface area contributed by atoms with Crippen LogP contribution in [0.25, 0.3) is 10.2 Å². The van der Waals surface area contributed by atoms with Crippen LogP contribution in [0.5, 0.6) is 0 Å². The number of H-pyrrole nitrogens is 1. The number of nitrogens with one attached hydrogen (secondary N) is 2. The predicted octanol–water partition coefficient (Wildman–Crippen LogP) is 3.78. The highest BCUT2D eigenvalue weighted by molar-refractivity contribution is 7.18. The van der Waals surface area contributed by atoms with Crippen molar-refractivity contribution in [3.05, 3.63) is 56.7 Å². The lowest BCUT2D eigenvalue weighted by Crippen LogP contribution is -2.26. The minimum atomic E-state index is -0.0816. The molecule has 3 aromatic rings. The van der Waals surface area contributed by atoms with Crippen molar-refractivity contribution in [1.29, 1.82) is 0 Å². The number of pyridine rings is 1. The van der Waals surface area contributed by atoms with Crippen molar-refractivity contribution in [2.45, 2.75) is 59.4 Å². The van der Waals surface area contributed by atoms with Gasteiger partial charge in [-0.3, -0.25) is 14.6 Å². The van der Waals surface area contributed by atoms with E-state index in [4.69, 9.17) is 0 Å². The molecule has 3 heterocycles. The molecule has 0 spiro atoms. The molecule has 0 radical (unpaired) electrons. The summed E-state index contributed by atoms with van der Waals surface area (Å²) in [6.45, 7) is 7.27. The molecule has 0 saturated heterocycles. The molecule has 158 valence electrons. The van der Waals surface area contributed by atoms with Crippen molar-refractivity contribution in [3.8, 4) is 0 Å². The molecular formula is C23H28N4O2S. The molecule has 0 saturated carbocycles. The molecule has 2 N–H and O–H groups in total. The average Bonchev–Trinajstić information content (AvgIpc) is 3.09. The number of rotatable bonds is 5. The number of hydrogen-bond donors (Lipinski definition) is 2. The van der Waals surface area contributed by atoms with E-state index in [1.165, 1.54) is 10.4 Å². The molecule has 7 heteroatoms. The van der Waals surface area contributed by atoms with E-state index in [-0.39, 0.29) is 23.3 Å². The average molecular weight is 425 g/mol. The molecule has 1 amide bonds. The van der Waals surface area contributed by atoms with Gasteiger partial charge in [-0.25, -0.2) is 4.98 Å². The molecule has 0 aromatic carbocycles. The van der Waals surface area contributed by atoms with Gasteiger partial charge in [-0.1, -0.05) is 26.8 Å². The van der Waals surface area contributed by atoms with Crippen molar-refractivity contribution in [2.75, 3.05) is 0 Å². The lowest BCUT2D eigenvalue weighted by atomic mass is 9.72. The number of thiophene rings is 1. The van der Waals surface area contributed by atoms with Gasteiger partial charge in [0.05, 0.1) is 17.6 Å². The second-order valence-corrected chi connectivity index (χ2v) is 10.2. The lowest BCUT2D eigenvalue weighted by Gasteiger charge is -2.33. The molecule has 0 aliphatic heterocycles. The fourth-order valence-corrected chi connectivity index (χ4v) is 5.42. The summed E-state index contributed by atoms with van der Waals surface area (Å²) in [5.41, 5.74) is 2.19. The maximum atomic E-state index is 12.8. The first-order chi connectivity index (χ1) is 14.3. The van der Waals surface area contributed by atoms with Crippen molar-refractivity contribution in [2.24, 2.45) is 11.3 Å². The fourth-order valence-electron chi connectivity index (χ4n) is 4.10. The summed E-state index contributed by atoms with van der Waals surface area (Å²) < 4.78 is 0. The van der Waals surface area contributed by atoms with Gasteiger partial charge in [-0.15, -0.1) is 11.3 Å². The second-order valence-electron chi connectivity index (χ2n) is 9.10. The molecule has 30 heavy (non-hydrogen) atoms. The summed E-state index contributed by atoms with van der Waals surface area (Å²) >= 11 is 1.65. The third kappa shape index (κ3) is 4.46. The third-order valence-electron chi connectivity index (χ3n) is 5.97. The Morgan fingerprint density at radius 3 is 2.90 bits per heavy atom. The summed E-state index contributed by atoms with van der Waals surface area (Å²) in [4.78, 5) is 38.8. The van der Waals surface area contributed by atoms with Crippen molar-refractivity contribution in [3.63, 3.8) is 0 Å². The Hall–Kier alpha value is -2.54. The van der Waals surface area contributed by atoms with Gasteiger partial charge >= 0.3 is 0 Å². The number of nitrogens with zero attached hydrogens (tertiary/aromatic N) is 2. The van der Waals surface area contributed by atoms with Crippen molar-refractivity contribution < 1.29 is 4.79 Å². The number of aryl methyl sites for hydroxylation is 2. The van der Waals surface area contributed by atoms with E-state index in [2.05, 4.69) is 41.0 Å². The first kappa shape index (κ1) is 20.7. The van der Waals surface area contributed by atoms with Crippen LogP contribution >= 0.6 is 11.3 Å². The Labute approximate surface area is 180 Å². The standard InChI is InChI=1S/C23H28N4O2S/c1-23(2,3)14-7-8-16-17(12-14)30-22-20(16)21(29)26-18(27-22)9-10-19(28)25-13-15-6-4-5-11-24-15/h4-6,11,14H,7-10,12-13H2,1-3H3,(H,25,28)(H,26,27,29)/t14-/m1/s1. The van der Waals surface area contributed by atoms with Crippen LogP contribution in [0.4, 0.5) is 0 Å². The molecule has 3 aromatic heterocycles. The topological polar surface area (TPSA) is 87.7 Å². The highest BCUT2D eigenvalue weighted by atomic mass is 32.1. The fraction of sp³-hybridized carbons (Fsp3) is 0.478. The molecule has 1 atom stereocenters. The van der Waals surface area contributed by atoms with Gasteiger partial charge in [0.25, 0.3) is 5.56 Å². The van der Waals surface area contributed by atoms with E-state index in [1.807, 2.05) is 18.2 Å². The second kappa shape index (κ2) is 8.30. The Kier molecular flexibility index (Phi) is 5.73. The third-order valence-corrected chi connectivity index (χ3v) is 7.12. The van der Waals surface area contributed by atoms with Gasteiger partial charge < -0.3 is 10.3 Å². The molecule has 1 aliphatic rings. The molecule has 1 aliphatic carbocycles. The summed E-state index contributed by atoms with van der Waals surface area (Å²) in [5.74, 6) is 1.12. The maximum Gasteiger partial charge on any atom is 0.259 e. The number of fused-ring (bicyclic) bond motifs is 3. The van der Waals surface area contributed by atoms with Crippen LogP contribution in [0.1, 0.15) is 55.6 Å². The number of aromatic nitrogens is 3. The zero-order valence-electron chi connectivity index (χ0n) is 17.7. The van der Waals surface area contributed by atoms with E-state index in [0.717, 1.165) is 35.2 Å². The van der Waals surface area contributed by atoms with Gasteiger partial charge in [-0.05, 0) is 48.3 Å². The maximum absolute atomic E-state index is 12.8. The summed E-state index contributed by atoms with van der Waals surface area (Å²) in [6, 6.07) is 5.61. The predicted molar refractivity (Wildman–Crippen MR) is 120 cm³/mol. The van der Waals surface area contributed by atoms with Crippen LogP contribution in [0, 0.1) is 11.3 Å². The molecule has 0 bridgehead atoms. The van der Waals surface area contributed by atoms with Crippen LogP contribution in [0.2, 0.25) is 0 Å². The quantitative estimate of drug-likeness (QED) is 0.652. The molecular weight excluding hydrogens is 396 g/mol. The highest BCUT2D eigenvalue weighted by Crippen LogP contribution is 2.41. The number of aromatic amines is 1. The van der Waals surface area contributed by atoms with Crippen LogP contribution in [0.3, 0.4) is 0 Å². The van der Waals surface area contributed by atoms with Crippen LogP contribution in [-0.4, -0.2) is 20.9 Å². The zero-order valence-corrected chi connectivity index (χ0v) is 18.6. The van der Waals surface area contributed by atoms with Gasteiger partial charge in [0.2, 0.25) is 5.91 Å². The lowest BCUT2D eigenvalue weighted by molar-refractivity contribution is -0.121. The first-order valence-corrected chi connectivity index (χ1v) is 11.3. The Morgan fingerprint density at radius 1 is 1.33 bits per heavy atom. The van der Waals surface area contributed by atoms with Gasteiger partial charge in [0.1, 0.15) is 10.7 Å². The first-order valence-electron chi connectivity index (χ1n) is 10.5. The Bertz CT molecular complexity index is 1110. The van der Waals surface area contributed by atoms with E-state index in [0.29, 0.717) is 24.7 Å². The summed E-state index contributed by atoms with van der Waals surface area (Å²) in [7, 11) is 0. The molecule has 0 fully saturated rings. The zero-order chi connectivity index (χ0) is 21.3. The van der Waals surface area contributed by atoms with E-state index in [9.17, 15) is 9.59 Å². The molecule has 0 unspecified atom stereocenters. The Morgan fingerprint density at radius 2 is 2.17 bits per heavy atom.